The summed E-state index contributed by atoms with van der Waals surface area (Å²) in [5.74, 6) is -0.0999. The molecule has 1 unspecified atom stereocenters. The molecule has 1 rings (SSSR count). The quantitative estimate of drug-likeness (QED) is 0.691. The number of anilines is 1. The molecule has 0 saturated carbocycles. The standard InChI is InChI=1S/C11H19N3O2S/c1-3-12-11-13-7-9(17-11)10(16)14-8(2)5-4-6-15/h7-8,15H,3-6H2,1-2H3,(H,12,13)(H,14,16). The summed E-state index contributed by atoms with van der Waals surface area (Å²) in [5, 5.41) is 15.4. The molecule has 0 aliphatic rings. The minimum atomic E-state index is -0.0999. The molecule has 0 aliphatic heterocycles. The predicted octanol–water partition coefficient (Wildman–Crippen LogP) is 1.47. The number of aliphatic hydroxyl groups excluding tert-OH is 1. The van der Waals surface area contributed by atoms with Crippen LogP contribution in [0, 0.1) is 0 Å². The van der Waals surface area contributed by atoms with E-state index in [4.69, 9.17) is 5.11 Å². The summed E-state index contributed by atoms with van der Waals surface area (Å²) in [6.45, 7) is 4.87. The number of rotatable bonds is 7. The van der Waals surface area contributed by atoms with E-state index in [0.29, 0.717) is 11.3 Å². The van der Waals surface area contributed by atoms with E-state index in [9.17, 15) is 4.79 Å². The van der Waals surface area contributed by atoms with E-state index < -0.39 is 0 Å². The van der Waals surface area contributed by atoms with Crippen LogP contribution in [0.4, 0.5) is 5.13 Å². The van der Waals surface area contributed by atoms with Crippen LogP contribution >= 0.6 is 11.3 Å². The van der Waals surface area contributed by atoms with Gasteiger partial charge in [-0.25, -0.2) is 4.98 Å². The van der Waals surface area contributed by atoms with Crippen LogP contribution in [0.15, 0.2) is 6.20 Å². The monoisotopic (exact) mass is 257 g/mol. The maximum Gasteiger partial charge on any atom is 0.263 e. The van der Waals surface area contributed by atoms with Gasteiger partial charge in [0.2, 0.25) is 0 Å². The molecule has 17 heavy (non-hydrogen) atoms. The van der Waals surface area contributed by atoms with Gasteiger partial charge in [-0.2, -0.15) is 0 Å². The second-order valence-electron chi connectivity index (χ2n) is 3.80. The molecule has 0 saturated heterocycles. The number of hydrogen-bond acceptors (Lipinski definition) is 5. The largest absolute Gasteiger partial charge is 0.396 e. The van der Waals surface area contributed by atoms with Crippen molar-refractivity contribution >= 4 is 22.4 Å². The molecule has 5 nitrogen and oxygen atoms in total. The van der Waals surface area contributed by atoms with Crippen molar-refractivity contribution in [1.29, 1.82) is 0 Å². The Bertz CT molecular complexity index is 354. The second kappa shape index (κ2) is 7.24. The Morgan fingerprint density at radius 1 is 1.65 bits per heavy atom. The third-order valence-corrected chi connectivity index (χ3v) is 3.18. The molecule has 1 aromatic rings. The molecule has 1 atom stereocenters. The van der Waals surface area contributed by atoms with Crippen molar-refractivity contribution in [3.05, 3.63) is 11.1 Å². The Labute approximate surface area is 105 Å². The Morgan fingerprint density at radius 2 is 2.41 bits per heavy atom. The SMILES string of the molecule is CCNc1ncc(C(=O)NC(C)CCCO)s1. The molecule has 0 radical (unpaired) electrons. The first-order chi connectivity index (χ1) is 8.17. The Hall–Kier alpha value is -1.14. The molecule has 0 aliphatic carbocycles. The van der Waals surface area contributed by atoms with Gasteiger partial charge in [0.25, 0.3) is 5.91 Å². The van der Waals surface area contributed by atoms with E-state index in [1.165, 1.54) is 11.3 Å². The second-order valence-corrected chi connectivity index (χ2v) is 4.83. The lowest BCUT2D eigenvalue weighted by molar-refractivity contribution is 0.0940. The molecule has 1 heterocycles. The molecule has 1 amide bonds. The van der Waals surface area contributed by atoms with Crippen LogP contribution in [0.25, 0.3) is 0 Å². The first kappa shape index (κ1) is 13.9. The van der Waals surface area contributed by atoms with Crippen molar-refractivity contribution in [2.45, 2.75) is 32.7 Å². The number of aromatic nitrogens is 1. The van der Waals surface area contributed by atoms with Crippen LogP contribution in [-0.4, -0.2) is 35.2 Å². The molecular formula is C11H19N3O2S. The van der Waals surface area contributed by atoms with Gasteiger partial charge < -0.3 is 15.7 Å². The van der Waals surface area contributed by atoms with Crippen LogP contribution in [0.5, 0.6) is 0 Å². The lowest BCUT2D eigenvalue weighted by Crippen LogP contribution is -2.32. The highest BCUT2D eigenvalue weighted by molar-refractivity contribution is 7.17. The van der Waals surface area contributed by atoms with Gasteiger partial charge in [-0.05, 0) is 26.7 Å². The Kier molecular flexibility index (Phi) is 5.93. The predicted molar refractivity (Wildman–Crippen MR) is 69.5 cm³/mol. The maximum absolute atomic E-state index is 11.8. The highest BCUT2D eigenvalue weighted by Crippen LogP contribution is 2.17. The molecule has 6 heteroatoms. The number of carbonyl (C=O) groups is 1. The van der Waals surface area contributed by atoms with E-state index in [0.717, 1.165) is 18.1 Å². The van der Waals surface area contributed by atoms with Crippen molar-refractivity contribution in [3.8, 4) is 0 Å². The highest BCUT2D eigenvalue weighted by Gasteiger charge is 2.12. The van der Waals surface area contributed by atoms with Gasteiger partial charge in [0.05, 0.1) is 6.20 Å². The van der Waals surface area contributed by atoms with Crippen LogP contribution < -0.4 is 10.6 Å². The van der Waals surface area contributed by atoms with Gasteiger partial charge in [0, 0.05) is 19.2 Å². The first-order valence-corrected chi connectivity index (χ1v) is 6.60. The normalized spacial score (nSPS) is 12.2. The third-order valence-electron chi connectivity index (χ3n) is 2.23. The summed E-state index contributed by atoms with van der Waals surface area (Å²) in [6, 6.07) is 0.0688. The van der Waals surface area contributed by atoms with Crippen molar-refractivity contribution in [2.24, 2.45) is 0 Å². The topological polar surface area (TPSA) is 74.2 Å². The number of nitrogens with one attached hydrogen (secondary N) is 2. The fraction of sp³-hybridized carbons (Fsp3) is 0.636. The fourth-order valence-electron chi connectivity index (χ4n) is 1.38. The van der Waals surface area contributed by atoms with Gasteiger partial charge in [0.1, 0.15) is 4.88 Å². The third kappa shape index (κ3) is 4.70. The first-order valence-electron chi connectivity index (χ1n) is 5.78. The minimum Gasteiger partial charge on any atom is -0.396 e. The number of carbonyl (C=O) groups excluding carboxylic acids is 1. The molecule has 96 valence electrons. The minimum absolute atomic E-state index is 0.0688. The number of hydrogen-bond donors (Lipinski definition) is 3. The number of thiazole rings is 1. The zero-order valence-corrected chi connectivity index (χ0v) is 11.0. The Balaban J connectivity index is 2.45. The molecule has 1 aromatic heterocycles. The van der Waals surface area contributed by atoms with Gasteiger partial charge in [0.15, 0.2) is 5.13 Å². The van der Waals surface area contributed by atoms with Crippen molar-refractivity contribution in [1.82, 2.24) is 10.3 Å². The summed E-state index contributed by atoms with van der Waals surface area (Å²) in [6.07, 6.45) is 3.06. The maximum atomic E-state index is 11.8. The van der Waals surface area contributed by atoms with Crippen LogP contribution in [-0.2, 0) is 0 Å². The van der Waals surface area contributed by atoms with Crippen LogP contribution in [0.2, 0.25) is 0 Å². The summed E-state index contributed by atoms with van der Waals surface area (Å²) in [4.78, 5) is 16.5. The fourth-order valence-corrected chi connectivity index (χ4v) is 2.16. The van der Waals surface area contributed by atoms with E-state index in [2.05, 4.69) is 15.6 Å². The van der Waals surface area contributed by atoms with Gasteiger partial charge in [-0.3, -0.25) is 4.79 Å². The van der Waals surface area contributed by atoms with E-state index in [-0.39, 0.29) is 18.6 Å². The molecule has 0 bridgehead atoms. The number of amides is 1. The van der Waals surface area contributed by atoms with Crippen LogP contribution in [0.3, 0.4) is 0 Å². The van der Waals surface area contributed by atoms with E-state index in [1.807, 2.05) is 13.8 Å². The molecule has 0 aromatic carbocycles. The smallest absolute Gasteiger partial charge is 0.263 e. The summed E-state index contributed by atoms with van der Waals surface area (Å²) < 4.78 is 0. The van der Waals surface area contributed by atoms with Crippen LogP contribution in [0.1, 0.15) is 36.4 Å². The average molecular weight is 257 g/mol. The van der Waals surface area contributed by atoms with E-state index in [1.54, 1.807) is 6.20 Å². The lowest BCUT2D eigenvalue weighted by atomic mass is 10.2. The summed E-state index contributed by atoms with van der Waals surface area (Å²) in [7, 11) is 0. The van der Waals surface area contributed by atoms with E-state index >= 15 is 0 Å². The van der Waals surface area contributed by atoms with Crippen molar-refractivity contribution < 1.29 is 9.90 Å². The lowest BCUT2D eigenvalue weighted by Gasteiger charge is -2.11. The average Bonchev–Trinajstić information content (AvgIpc) is 2.75. The van der Waals surface area contributed by atoms with Gasteiger partial charge in [-0.15, -0.1) is 0 Å². The molecular weight excluding hydrogens is 238 g/mol. The van der Waals surface area contributed by atoms with Crippen molar-refractivity contribution in [2.75, 3.05) is 18.5 Å². The molecule has 0 spiro atoms. The molecule has 3 N–H and O–H groups in total. The Morgan fingerprint density at radius 3 is 3.06 bits per heavy atom. The van der Waals surface area contributed by atoms with Gasteiger partial charge >= 0.3 is 0 Å². The van der Waals surface area contributed by atoms with Gasteiger partial charge in [-0.1, -0.05) is 11.3 Å². The number of aliphatic hydroxyl groups is 1. The summed E-state index contributed by atoms with van der Waals surface area (Å²) >= 11 is 1.35. The number of nitrogens with zero attached hydrogens (tertiary/aromatic N) is 1. The zero-order valence-electron chi connectivity index (χ0n) is 10.2. The molecule has 0 fully saturated rings. The zero-order chi connectivity index (χ0) is 12.7. The summed E-state index contributed by atoms with van der Waals surface area (Å²) in [5.41, 5.74) is 0. The van der Waals surface area contributed by atoms with Crippen molar-refractivity contribution in [3.63, 3.8) is 0 Å². The highest BCUT2D eigenvalue weighted by atomic mass is 32.1.